The van der Waals surface area contributed by atoms with E-state index in [9.17, 15) is 18.3 Å². The highest BCUT2D eigenvalue weighted by atomic mass is 127. The Hall–Kier alpha value is -1.95. The van der Waals surface area contributed by atoms with E-state index in [1.165, 1.54) is 6.07 Å². The summed E-state index contributed by atoms with van der Waals surface area (Å²) in [4.78, 5) is 4.41. The van der Waals surface area contributed by atoms with Gasteiger partial charge in [0.25, 0.3) is 0 Å². The second-order valence-corrected chi connectivity index (χ2v) is 7.16. The number of ether oxygens (including phenoxy) is 1. The first-order valence-corrected chi connectivity index (χ1v) is 9.61. The number of nitrogens with one attached hydrogen (secondary N) is 2. The van der Waals surface area contributed by atoms with Gasteiger partial charge in [0.05, 0.1) is 13.1 Å². The molecule has 1 aromatic heterocycles. The van der Waals surface area contributed by atoms with Crippen molar-refractivity contribution in [1.82, 2.24) is 10.6 Å². The summed E-state index contributed by atoms with van der Waals surface area (Å²) in [5.41, 5.74) is -0.00700. The smallest absolute Gasteiger partial charge is 0.422 e. The molecule has 1 atom stereocenters. The molecule has 0 bridgehead atoms. The van der Waals surface area contributed by atoms with Gasteiger partial charge < -0.3 is 24.9 Å². The molecule has 0 spiro atoms. The van der Waals surface area contributed by atoms with Crippen molar-refractivity contribution in [3.8, 4) is 5.75 Å². The quantitative estimate of drug-likeness (QED) is 0.256. The summed E-state index contributed by atoms with van der Waals surface area (Å²) in [5.74, 6) is 1.89. The number of aryl methyl sites for hydroxylation is 2. The van der Waals surface area contributed by atoms with Crippen molar-refractivity contribution in [3.63, 3.8) is 0 Å². The van der Waals surface area contributed by atoms with Crippen molar-refractivity contribution >= 4 is 29.9 Å². The van der Waals surface area contributed by atoms with Crippen molar-refractivity contribution in [2.24, 2.45) is 4.99 Å². The predicted molar refractivity (Wildman–Crippen MR) is 124 cm³/mol. The summed E-state index contributed by atoms with van der Waals surface area (Å²) < 4.78 is 47.8. The Labute approximate surface area is 197 Å². The van der Waals surface area contributed by atoms with E-state index in [0.29, 0.717) is 35.2 Å². The largest absolute Gasteiger partial charge is 0.484 e. The molecule has 0 aliphatic heterocycles. The zero-order valence-electron chi connectivity index (χ0n) is 18.0. The molecule has 0 saturated carbocycles. The molecular weight excluding hydrogens is 526 g/mol. The molecule has 0 aliphatic carbocycles. The lowest BCUT2D eigenvalue weighted by atomic mass is 9.96. The third-order valence-corrected chi connectivity index (χ3v) is 4.34. The maximum Gasteiger partial charge on any atom is 0.422 e. The van der Waals surface area contributed by atoms with Crippen LogP contribution in [0.4, 0.5) is 13.2 Å². The average molecular weight is 555 g/mol. The van der Waals surface area contributed by atoms with Crippen LogP contribution in [-0.4, -0.2) is 36.9 Å². The van der Waals surface area contributed by atoms with E-state index in [0.717, 1.165) is 0 Å². The minimum absolute atomic E-state index is 0. The number of halogens is 4. The van der Waals surface area contributed by atoms with E-state index in [4.69, 9.17) is 9.15 Å². The zero-order valence-corrected chi connectivity index (χ0v) is 20.3. The Morgan fingerprint density at radius 3 is 2.45 bits per heavy atom. The van der Waals surface area contributed by atoms with Gasteiger partial charge in [-0.3, -0.25) is 0 Å². The Bertz CT molecular complexity index is 867. The van der Waals surface area contributed by atoms with Crippen LogP contribution < -0.4 is 15.4 Å². The molecule has 3 N–H and O–H groups in total. The number of aliphatic imine (C=N–C) groups is 1. The molecule has 6 nitrogen and oxygen atoms in total. The highest BCUT2D eigenvalue weighted by Crippen LogP contribution is 2.26. The van der Waals surface area contributed by atoms with Gasteiger partial charge in [0.15, 0.2) is 12.6 Å². The standard InChI is InChI=1S/C21H28F3N3O3.HI/c1-5-25-19(27-12-20(4,28)17-10-14(2)30-15(17)3)26-11-16-8-6-7-9-18(16)29-13-21(22,23)24;/h6-10,28H,5,11-13H2,1-4H3,(H2,25,26,27);1H. The molecule has 0 amide bonds. The van der Waals surface area contributed by atoms with Crippen molar-refractivity contribution in [2.75, 3.05) is 19.7 Å². The lowest BCUT2D eigenvalue weighted by Crippen LogP contribution is -2.44. The van der Waals surface area contributed by atoms with E-state index in [2.05, 4.69) is 15.6 Å². The number of alkyl halides is 3. The van der Waals surface area contributed by atoms with Crippen LogP contribution in [0.1, 0.15) is 36.5 Å². The summed E-state index contributed by atoms with van der Waals surface area (Å²) in [7, 11) is 0. The van der Waals surface area contributed by atoms with Gasteiger partial charge in [0.1, 0.15) is 22.9 Å². The van der Waals surface area contributed by atoms with Gasteiger partial charge in [-0.15, -0.1) is 24.0 Å². The first-order chi connectivity index (χ1) is 14.0. The van der Waals surface area contributed by atoms with Gasteiger partial charge in [-0.2, -0.15) is 13.2 Å². The van der Waals surface area contributed by atoms with Gasteiger partial charge >= 0.3 is 6.18 Å². The molecule has 2 rings (SSSR count). The van der Waals surface area contributed by atoms with Crippen LogP contribution in [0.15, 0.2) is 39.7 Å². The molecule has 0 saturated heterocycles. The number of para-hydroxylation sites is 1. The maximum atomic E-state index is 12.5. The molecule has 174 valence electrons. The minimum atomic E-state index is -4.41. The van der Waals surface area contributed by atoms with Crippen LogP contribution >= 0.6 is 24.0 Å². The molecule has 10 heteroatoms. The van der Waals surface area contributed by atoms with E-state index >= 15 is 0 Å². The SMILES string of the molecule is CCNC(=NCc1ccccc1OCC(F)(F)F)NCC(C)(O)c1cc(C)oc1C.I. The van der Waals surface area contributed by atoms with Crippen LogP contribution in [0.2, 0.25) is 0 Å². The number of benzene rings is 1. The van der Waals surface area contributed by atoms with Crippen molar-refractivity contribution in [3.05, 3.63) is 53.0 Å². The molecule has 0 fully saturated rings. The first kappa shape index (κ1) is 27.1. The highest BCUT2D eigenvalue weighted by molar-refractivity contribution is 14.0. The predicted octanol–water partition coefficient (Wildman–Crippen LogP) is 4.42. The van der Waals surface area contributed by atoms with Crippen LogP contribution in [-0.2, 0) is 12.1 Å². The summed E-state index contributed by atoms with van der Waals surface area (Å²) in [6.07, 6.45) is -4.41. The molecule has 0 radical (unpaired) electrons. The lowest BCUT2D eigenvalue weighted by molar-refractivity contribution is -0.153. The molecular formula is C21H29F3IN3O3. The number of guanidine groups is 1. The number of hydrogen-bond acceptors (Lipinski definition) is 4. The summed E-state index contributed by atoms with van der Waals surface area (Å²) in [5, 5.41) is 17.0. The Morgan fingerprint density at radius 2 is 1.87 bits per heavy atom. The Morgan fingerprint density at radius 1 is 1.19 bits per heavy atom. The second-order valence-electron chi connectivity index (χ2n) is 7.16. The van der Waals surface area contributed by atoms with Gasteiger partial charge in [-0.1, -0.05) is 18.2 Å². The first-order valence-electron chi connectivity index (χ1n) is 9.61. The van der Waals surface area contributed by atoms with Crippen LogP contribution in [0.25, 0.3) is 0 Å². The summed E-state index contributed by atoms with van der Waals surface area (Å²) in [6, 6.07) is 8.24. The number of rotatable bonds is 8. The minimum Gasteiger partial charge on any atom is -0.484 e. The van der Waals surface area contributed by atoms with Crippen molar-refractivity contribution < 1.29 is 27.4 Å². The number of aliphatic hydroxyl groups is 1. The van der Waals surface area contributed by atoms with E-state index < -0.39 is 18.4 Å². The summed E-state index contributed by atoms with van der Waals surface area (Å²) in [6.45, 7) is 6.63. The number of nitrogens with zero attached hydrogens (tertiary/aromatic N) is 1. The van der Waals surface area contributed by atoms with Gasteiger partial charge in [0, 0.05) is 17.7 Å². The van der Waals surface area contributed by atoms with E-state index in [-0.39, 0.29) is 42.8 Å². The van der Waals surface area contributed by atoms with Crippen LogP contribution in [0, 0.1) is 13.8 Å². The van der Waals surface area contributed by atoms with E-state index in [1.54, 1.807) is 38.1 Å². The third-order valence-electron chi connectivity index (χ3n) is 4.34. The fourth-order valence-corrected chi connectivity index (χ4v) is 2.96. The summed E-state index contributed by atoms with van der Waals surface area (Å²) >= 11 is 0. The lowest BCUT2D eigenvalue weighted by Gasteiger charge is -2.24. The monoisotopic (exact) mass is 555 g/mol. The highest BCUT2D eigenvalue weighted by Gasteiger charge is 2.29. The molecule has 2 aromatic rings. The topological polar surface area (TPSA) is 79.0 Å². The Kier molecular flexibility index (Phi) is 10.1. The van der Waals surface area contributed by atoms with Gasteiger partial charge in [-0.05, 0) is 39.8 Å². The Balaban J connectivity index is 0.00000480. The number of hydrogen-bond donors (Lipinski definition) is 3. The van der Waals surface area contributed by atoms with Gasteiger partial charge in [0.2, 0.25) is 0 Å². The molecule has 1 unspecified atom stereocenters. The molecule has 1 aromatic carbocycles. The van der Waals surface area contributed by atoms with Crippen LogP contribution in [0.3, 0.4) is 0 Å². The molecule has 0 aliphatic rings. The second kappa shape index (κ2) is 11.6. The van der Waals surface area contributed by atoms with Gasteiger partial charge in [-0.25, -0.2) is 4.99 Å². The molecule has 1 heterocycles. The third kappa shape index (κ3) is 8.60. The van der Waals surface area contributed by atoms with Crippen LogP contribution in [0.5, 0.6) is 5.75 Å². The fraction of sp³-hybridized carbons (Fsp3) is 0.476. The number of furan rings is 1. The van der Waals surface area contributed by atoms with Crippen molar-refractivity contribution in [2.45, 2.75) is 46.0 Å². The maximum absolute atomic E-state index is 12.5. The molecule has 31 heavy (non-hydrogen) atoms. The van der Waals surface area contributed by atoms with Crippen molar-refractivity contribution in [1.29, 1.82) is 0 Å². The zero-order chi connectivity index (χ0) is 22.4. The average Bonchev–Trinajstić information content (AvgIpc) is 3.01. The normalized spacial score (nSPS) is 13.9. The van der Waals surface area contributed by atoms with E-state index in [1.807, 2.05) is 13.8 Å². The fourth-order valence-electron chi connectivity index (χ4n) is 2.96.